The normalized spacial score (nSPS) is 13.5. The Labute approximate surface area is 209 Å². The van der Waals surface area contributed by atoms with E-state index in [4.69, 9.17) is 9.47 Å². The number of hydrazone groups is 1. The maximum atomic E-state index is 6.02. The Morgan fingerprint density at radius 1 is 0.833 bits per heavy atom. The first kappa shape index (κ1) is 23.3. The SMILES string of the molecule is C(=NNc1nc(Nc2ccccc2)nc(N2CCOCC2)n1)c1ccccc1OCc1ccccc1. The van der Waals surface area contributed by atoms with Gasteiger partial charge < -0.3 is 19.7 Å². The zero-order valence-corrected chi connectivity index (χ0v) is 19.7. The molecule has 0 bridgehead atoms. The maximum absolute atomic E-state index is 6.02. The lowest BCUT2D eigenvalue weighted by molar-refractivity contribution is 0.122. The number of anilines is 4. The number of ether oxygens (including phenoxy) is 2. The standard InChI is InChI=1S/C27H27N7O2/c1-3-9-21(10-4-1)20-36-24-14-8-7-11-22(24)19-28-33-26-30-25(29-23-12-5-2-6-13-23)31-27(32-26)34-15-17-35-18-16-34/h1-14,19H,15-18,20H2,(H2,29,30,31,32,33). The fourth-order valence-electron chi connectivity index (χ4n) is 3.64. The first-order valence-electron chi connectivity index (χ1n) is 11.8. The summed E-state index contributed by atoms with van der Waals surface area (Å²) in [6.45, 7) is 3.17. The second-order valence-corrected chi connectivity index (χ2v) is 8.06. The van der Waals surface area contributed by atoms with Crippen molar-refractivity contribution in [3.63, 3.8) is 0 Å². The monoisotopic (exact) mass is 481 g/mol. The molecule has 1 fully saturated rings. The lowest BCUT2D eigenvalue weighted by atomic mass is 10.2. The van der Waals surface area contributed by atoms with Crippen molar-refractivity contribution < 1.29 is 9.47 Å². The van der Waals surface area contributed by atoms with Crippen molar-refractivity contribution in [2.24, 2.45) is 5.10 Å². The minimum absolute atomic E-state index is 0.337. The van der Waals surface area contributed by atoms with E-state index in [1.54, 1.807) is 6.21 Å². The molecule has 1 saturated heterocycles. The molecular formula is C27H27N7O2. The third kappa shape index (κ3) is 6.34. The lowest BCUT2D eigenvalue weighted by Crippen LogP contribution is -2.37. The van der Waals surface area contributed by atoms with E-state index in [1.807, 2.05) is 84.9 Å². The van der Waals surface area contributed by atoms with Crippen molar-refractivity contribution in [2.75, 3.05) is 41.9 Å². The number of rotatable bonds is 9. The van der Waals surface area contributed by atoms with Gasteiger partial charge in [-0.2, -0.15) is 20.1 Å². The third-order valence-electron chi connectivity index (χ3n) is 5.47. The highest BCUT2D eigenvalue weighted by molar-refractivity contribution is 5.83. The molecule has 1 aliphatic rings. The van der Waals surface area contributed by atoms with Gasteiger partial charge in [-0.1, -0.05) is 60.7 Å². The summed E-state index contributed by atoms with van der Waals surface area (Å²) in [5.74, 6) is 2.07. The fourth-order valence-corrected chi connectivity index (χ4v) is 3.64. The molecule has 2 heterocycles. The Hall–Kier alpha value is -4.50. The molecule has 0 radical (unpaired) electrons. The molecular weight excluding hydrogens is 454 g/mol. The Balaban J connectivity index is 1.32. The predicted octanol–water partition coefficient (Wildman–Crippen LogP) is 4.48. The van der Waals surface area contributed by atoms with Crippen LogP contribution in [0.3, 0.4) is 0 Å². The second kappa shape index (κ2) is 11.8. The van der Waals surface area contributed by atoms with Gasteiger partial charge in [0, 0.05) is 24.3 Å². The van der Waals surface area contributed by atoms with Crippen molar-refractivity contribution in [3.05, 3.63) is 96.1 Å². The molecule has 182 valence electrons. The summed E-state index contributed by atoms with van der Waals surface area (Å²) in [4.78, 5) is 15.8. The minimum Gasteiger partial charge on any atom is -0.488 e. The number of para-hydroxylation sites is 2. The van der Waals surface area contributed by atoms with Gasteiger partial charge in [0.1, 0.15) is 12.4 Å². The third-order valence-corrected chi connectivity index (χ3v) is 5.47. The van der Waals surface area contributed by atoms with Gasteiger partial charge in [0.15, 0.2) is 0 Å². The van der Waals surface area contributed by atoms with Gasteiger partial charge in [-0.05, 0) is 29.8 Å². The van der Waals surface area contributed by atoms with Gasteiger partial charge in [-0.15, -0.1) is 0 Å². The van der Waals surface area contributed by atoms with E-state index in [9.17, 15) is 0 Å². The molecule has 0 unspecified atom stereocenters. The molecule has 0 spiro atoms. The summed E-state index contributed by atoms with van der Waals surface area (Å²) >= 11 is 0. The van der Waals surface area contributed by atoms with Crippen molar-refractivity contribution >= 4 is 29.7 Å². The Morgan fingerprint density at radius 3 is 2.33 bits per heavy atom. The Morgan fingerprint density at radius 2 is 1.53 bits per heavy atom. The predicted molar refractivity (Wildman–Crippen MR) is 141 cm³/mol. The molecule has 1 aromatic heterocycles. The average molecular weight is 482 g/mol. The summed E-state index contributed by atoms with van der Waals surface area (Å²) in [5, 5.41) is 7.62. The summed E-state index contributed by atoms with van der Waals surface area (Å²) < 4.78 is 11.5. The van der Waals surface area contributed by atoms with Gasteiger partial charge in [-0.3, -0.25) is 0 Å². The molecule has 5 rings (SSSR count). The average Bonchev–Trinajstić information content (AvgIpc) is 2.94. The van der Waals surface area contributed by atoms with Crippen LogP contribution in [0.1, 0.15) is 11.1 Å². The summed E-state index contributed by atoms with van der Waals surface area (Å²) in [5.41, 5.74) is 5.78. The van der Waals surface area contributed by atoms with Crippen LogP contribution < -0.4 is 20.4 Å². The first-order chi connectivity index (χ1) is 17.8. The van der Waals surface area contributed by atoms with E-state index in [2.05, 4.69) is 35.7 Å². The highest BCUT2D eigenvalue weighted by Crippen LogP contribution is 2.20. The fraction of sp³-hybridized carbons (Fsp3) is 0.185. The molecule has 4 aromatic rings. The minimum atomic E-state index is 0.337. The number of morpholine rings is 1. The highest BCUT2D eigenvalue weighted by atomic mass is 16.5. The van der Waals surface area contributed by atoms with E-state index < -0.39 is 0 Å². The van der Waals surface area contributed by atoms with E-state index in [1.165, 1.54) is 0 Å². The van der Waals surface area contributed by atoms with Gasteiger partial charge in [0.25, 0.3) is 0 Å². The van der Waals surface area contributed by atoms with Crippen LogP contribution in [0.5, 0.6) is 5.75 Å². The van der Waals surface area contributed by atoms with Crippen molar-refractivity contribution in [2.45, 2.75) is 6.61 Å². The van der Waals surface area contributed by atoms with Gasteiger partial charge >= 0.3 is 0 Å². The molecule has 36 heavy (non-hydrogen) atoms. The highest BCUT2D eigenvalue weighted by Gasteiger charge is 2.16. The van der Waals surface area contributed by atoms with Gasteiger partial charge in [0.2, 0.25) is 17.8 Å². The molecule has 0 saturated carbocycles. The molecule has 9 heteroatoms. The van der Waals surface area contributed by atoms with Gasteiger partial charge in [0.05, 0.1) is 19.4 Å². The van der Waals surface area contributed by atoms with Crippen LogP contribution >= 0.6 is 0 Å². The van der Waals surface area contributed by atoms with Crippen LogP contribution in [-0.4, -0.2) is 47.5 Å². The van der Waals surface area contributed by atoms with E-state index in [0.29, 0.717) is 50.8 Å². The number of hydrogen-bond donors (Lipinski definition) is 2. The molecule has 0 aliphatic carbocycles. The molecule has 0 amide bonds. The van der Waals surface area contributed by atoms with Crippen LogP contribution in [0.2, 0.25) is 0 Å². The van der Waals surface area contributed by atoms with Crippen LogP contribution in [-0.2, 0) is 11.3 Å². The topological polar surface area (TPSA) is 96.8 Å². The number of nitrogens with one attached hydrogen (secondary N) is 2. The largest absolute Gasteiger partial charge is 0.488 e. The lowest BCUT2D eigenvalue weighted by Gasteiger charge is -2.27. The summed E-state index contributed by atoms with van der Waals surface area (Å²) in [6.07, 6.45) is 1.70. The zero-order valence-electron chi connectivity index (χ0n) is 19.7. The number of aromatic nitrogens is 3. The van der Waals surface area contributed by atoms with Crippen LogP contribution in [0.15, 0.2) is 90.0 Å². The molecule has 1 aliphatic heterocycles. The van der Waals surface area contributed by atoms with Crippen molar-refractivity contribution in [1.82, 2.24) is 15.0 Å². The molecule has 3 aromatic carbocycles. The van der Waals surface area contributed by atoms with Crippen LogP contribution in [0, 0.1) is 0 Å². The Bertz CT molecular complexity index is 1280. The number of hydrogen-bond acceptors (Lipinski definition) is 9. The summed E-state index contributed by atoms with van der Waals surface area (Å²) in [6, 6.07) is 27.6. The first-order valence-corrected chi connectivity index (χ1v) is 11.8. The van der Waals surface area contributed by atoms with Crippen LogP contribution in [0.4, 0.5) is 23.5 Å². The van der Waals surface area contributed by atoms with Crippen molar-refractivity contribution in [3.8, 4) is 5.75 Å². The van der Waals surface area contributed by atoms with Gasteiger partial charge in [-0.25, -0.2) is 5.43 Å². The quantitative estimate of drug-likeness (QED) is 0.267. The Kier molecular flexibility index (Phi) is 7.60. The number of benzene rings is 3. The zero-order chi connectivity index (χ0) is 24.4. The van der Waals surface area contributed by atoms with E-state index in [-0.39, 0.29) is 0 Å². The summed E-state index contributed by atoms with van der Waals surface area (Å²) in [7, 11) is 0. The molecule has 0 atom stereocenters. The molecule has 2 N–H and O–H groups in total. The van der Waals surface area contributed by atoms with Crippen LogP contribution in [0.25, 0.3) is 0 Å². The van der Waals surface area contributed by atoms with E-state index >= 15 is 0 Å². The maximum Gasteiger partial charge on any atom is 0.250 e. The number of nitrogens with zero attached hydrogens (tertiary/aromatic N) is 5. The van der Waals surface area contributed by atoms with Crippen molar-refractivity contribution in [1.29, 1.82) is 0 Å². The second-order valence-electron chi connectivity index (χ2n) is 8.06. The molecule has 9 nitrogen and oxygen atoms in total. The van der Waals surface area contributed by atoms with E-state index in [0.717, 1.165) is 22.6 Å². The smallest absolute Gasteiger partial charge is 0.250 e.